The zero-order valence-corrected chi connectivity index (χ0v) is 9.29. The highest BCUT2D eigenvalue weighted by Gasteiger charge is 2.10. The molecule has 0 radical (unpaired) electrons. The monoisotopic (exact) mass is 266 g/mol. The van der Waals surface area contributed by atoms with Gasteiger partial charge in [0.05, 0.1) is 14.5 Å². The number of benzene rings is 1. The number of carbonyl (C=O) groups excluding carboxylic acids is 1. The van der Waals surface area contributed by atoms with Gasteiger partial charge in [-0.1, -0.05) is 23.2 Å². The highest BCUT2D eigenvalue weighted by atomic mass is 79.9. The van der Waals surface area contributed by atoms with E-state index in [1.54, 1.807) is 12.1 Å². The predicted octanol–water partition coefficient (Wildman–Crippen LogP) is 3.96. The van der Waals surface area contributed by atoms with Crippen molar-refractivity contribution in [3.63, 3.8) is 0 Å². The molecule has 0 spiro atoms. The van der Waals surface area contributed by atoms with Gasteiger partial charge in [0.25, 0.3) is 0 Å². The van der Waals surface area contributed by atoms with Gasteiger partial charge in [-0.25, -0.2) is 0 Å². The SMILES string of the molecule is CC(=O)c1ccc(Cl)c(Br)c1Cl. The van der Waals surface area contributed by atoms with Gasteiger partial charge in [0.1, 0.15) is 0 Å². The van der Waals surface area contributed by atoms with Crippen molar-refractivity contribution in [2.75, 3.05) is 0 Å². The van der Waals surface area contributed by atoms with Gasteiger partial charge in [-0.05, 0) is 35.0 Å². The summed E-state index contributed by atoms with van der Waals surface area (Å²) in [5.41, 5.74) is 0.480. The topological polar surface area (TPSA) is 17.1 Å². The Labute approximate surface area is 88.8 Å². The van der Waals surface area contributed by atoms with E-state index in [0.29, 0.717) is 20.1 Å². The average Bonchev–Trinajstić information content (AvgIpc) is 2.00. The van der Waals surface area contributed by atoms with Gasteiger partial charge in [0, 0.05) is 5.56 Å². The Morgan fingerprint density at radius 3 is 2.50 bits per heavy atom. The molecule has 0 saturated heterocycles. The molecule has 1 nitrogen and oxygen atoms in total. The summed E-state index contributed by atoms with van der Waals surface area (Å²) in [5.74, 6) is -0.0719. The number of hydrogen-bond acceptors (Lipinski definition) is 1. The van der Waals surface area contributed by atoms with E-state index in [1.807, 2.05) is 0 Å². The van der Waals surface area contributed by atoms with E-state index >= 15 is 0 Å². The van der Waals surface area contributed by atoms with Crippen LogP contribution in [0.2, 0.25) is 10.0 Å². The number of halogens is 3. The van der Waals surface area contributed by atoms with Crippen LogP contribution in [0.5, 0.6) is 0 Å². The largest absolute Gasteiger partial charge is 0.294 e. The molecule has 0 aliphatic rings. The Morgan fingerprint density at radius 2 is 2.00 bits per heavy atom. The second kappa shape index (κ2) is 3.77. The third-order valence-corrected chi connectivity index (χ3v) is 3.40. The van der Waals surface area contributed by atoms with E-state index in [-0.39, 0.29) is 5.78 Å². The predicted molar refractivity (Wildman–Crippen MR) is 54.2 cm³/mol. The summed E-state index contributed by atoms with van der Waals surface area (Å²) < 4.78 is 0.568. The lowest BCUT2D eigenvalue weighted by atomic mass is 10.1. The molecule has 0 fully saturated rings. The van der Waals surface area contributed by atoms with Crippen molar-refractivity contribution in [1.82, 2.24) is 0 Å². The number of ketones is 1. The summed E-state index contributed by atoms with van der Waals surface area (Å²) >= 11 is 14.8. The molecular formula is C8H5BrCl2O. The Balaban J connectivity index is 3.36. The molecule has 0 aliphatic heterocycles. The number of hydrogen-bond donors (Lipinski definition) is 0. The van der Waals surface area contributed by atoms with Crippen LogP contribution in [-0.2, 0) is 0 Å². The lowest BCUT2D eigenvalue weighted by Gasteiger charge is -2.03. The zero-order valence-electron chi connectivity index (χ0n) is 6.20. The van der Waals surface area contributed by atoms with E-state index in [1.165, 1.54) is 6.92 Å². The van der Waals surface area contributed by atoms with E-state index in [0.717, 1.165) is 0 Å². The van der Waals surface area contributed by atoms with Gasteiger partial charge < -0.3 is 0 Å². The molecule has 0 amide bonds. The normalized spacial score (nSPS) is 10.0. The Morgan fingerprint density at radius 1 is 1.42 bits per heavy atom. The second-order valence-electron chi connectivity index (χ2n) is 2.28. The first-order valence-electron chi connectivity index (χ1n) is 3.18. The first-order chi connectivity index (χ1) is 5.54. The summed E-state index contributed by atoms with van der Waals surface area (Å²) in [6.45, 7) is 1.46. The molecular weight excluding hydrogens is 263 g/mol. The first kappa shape index (κ1) is 10.0. The maximum absolute atomic E-state index is 11.0. The minimum absolute atomic E-state index is 0.0719. The van der Waals surface area contributed by atoms with Gasteiger partial charge in [-0.3, -0.25) is 4.79 Å². The quantitative estimate of drug-likeness (QED) is 0.556. The second-order valence-corrected chi connectivity index (χ2v) is 3.86. The van der Waals surface area contributed by atoms with Gasteiger partial charge in [-0.15, -0.1) is 0 Å². The fourth-order valence-electron chi connectivity index (χ4n) is 0.798. The average molecular weight is 268 g/mol. The van der Waals surface area contributed by atoms with E-state index < -0.39 is 0 Å². The summed E-state index contributed by atoms with van der Waals surface area (Å²) in [6.07, 6.45) is 0. The van der Waals surface area contributed by atoms with Gasteiger partial charge >= 0.3 is 0 Å². The molecule has 0 bridgehead atoms. The Bertz CT molecular complexity index is 336. The number of Topliss-reactive ketones (excluding diaryl/α,β-unsaturated/α-hetero) is 1. The van der Waals surface area contributed by atoms with Crippen molar-refractivity contribution in [1.29, 1.82) is 0 Å². The fraction of sp³-hybridized carbons (Fsp3) is 0.125. The Kier molecular flexibility index (Phi) is 3.16. The molecule has 64 valence electrons. The molecule has 0 unspecified atom stereocenters. The van der Waals surface area contributed by atoms with Crippen LogP contribution in [-0.4, -0.2) is 5.78 Å². The maximum atomic E-state index is 11.0. The van der Waals surface area contributed by atoms with Crippen molar-refractivity contribution >= 4 is 44.9 Å². The molecule has 12 heavy (non-hydrogen) atoms. The first-order valence-corrected chi connectivity index (χ1v) is 4.73. The highest BCUT2D eigenvalue weighted by Crippen LogP contribution is 2.32. The highest BCUT2D eigenvalue weighted by molar-refractivity contribution is 9.10. The zero-order chi connectivity index (χ0) is 9.30. The van der Waals surface area contributed by atoms with Gasteiger partial charge in [-0.2, -0.15) is 0 Å². The van der Waals surface area contributed by atoms with E-state index in [9.17, 15) is 4.79 Å². The van der Waals surface area contributed by atoms with Crippen LogP contribution in [0.4, 0.5) is 0 Å². The minimum atomic E-state index is -0.0719. The molecule has 0 atom stereocenters. The molecule has 0 heterocycles. The summed E-state index contributed by atoms with van der Waals surface area (Å²) in [4.78, 5) is 11.0. The van der Waals surface area contributed by atoms with Crippen molar-refractivity contribution < 1.29 is 4.79 Å². The molecule has 0 N–H and O–H groups in total. The van der Waals surface area contributed by atoms with Crippen LogP contribution < -0.4 is 0 Å². The van der Waals surface area contributed by atoms with Crippen LogP contribution in [0.1, 0.15) is 17.3 Å². The lowest BCUT2D eigenvalue weighted by Crippen LogP contribution is -1.93. The van der Waals surface area contributed by atoms with E-state index in [2.05, 4.69) is 15.9 Å². The molecule has 0 aromatic heterocycles. The third-order valence-electron chi connectivity index (χ3n) is 1.41. The molecule has 0 saturated carbocycles. The summed E-state index contributed by atoms with van der Waals surface area (Å²) in [7, 11) is 0. The van der Waals surface area contributed by atoms with Crippen LogP contribution in [0, 0.1) is 0 Å². The fourth-order valence-corrected chi connectivity index (χ4v) is 1.65. The molecule has 0 aliphatic carbocycles. The minimum Gasteiger partial charge on any atom is -0.294 e. The van der Waals surface area contributed by atoms with Crippen molar-refractivity contribution in [3.05, 3.63) is 32.2 Å². The Hall–Kier alpha value is -0.0500. The number of carbonyl (C=O) groups is 1. The van der Waals surface area contributed by atoms with Crippen molar-refractivity contribution in [3.8, 4) is 0 Å². The van der Waals surface area contributed by atoms with Gasteiger partial charge in [0.15, 0.2) is 5.78 Å². The molecule has 1 aromatic carbocycles. The standard InChI is InChI=1S/C8H5BrCl2O/c1-4(12)5-2-3-6(10)7(9)8(5)11/h2-3H,1H3. The third kappa shape index (κ3) is 1.82. The van der Waals surface area contributed by atoms with Crippen LogP contribution in [0.3, 0.4) is 0 Å². The maximum Gasteiger partial charge on any atom is 0.161 e. The van der Waals surface area contributed by atoms with Crippen LogP contribution >= 0.6 is 39.1 Å². The molecule has 1 rings (SSSR count). The smallest absolute Gasteiger partial charge is 0.161 e. The van der Waals surface area contributed by atoms with Gasteiger partial charge in [0.2, 0.25) is 0 Å². The molecule has 1 aromatic rings. The van der Waals surface area contributed by atoms with Crippen LogP contribution in [0.15, 0.2) is 16.6 Å². The van der Waals surface area contributed by atoms with Crippen molar-refractivity contribution in [2.24, 2.45) is 0 Å². The molecule has 4 heteroatoms. The van der Waals surface area contributed by atoms with Crippen molar-refractivity contribution in [2.45, 2.75) is 6.92 Å². The lowest BCUT2D eigenvalue weighted by molar-refractivity contribution is 0.101. The van der Waals surface area contributed by atoms with Crippen LogP contribution in [0.25, 0.3) is 0 Å². The summed E-state index contributed by atoms with van der Waals surface area (Å²) in [5, 5.41) is 0.875. The van der Waals surface area contributed by atoms with E-state index in [4.69, 9.17) is 23.2 Å². The summed E-state index contributed by atoms with van der Waals surface area (Å²) in [6, 6.07) is 3.24. The number of rotatable bonds is 1.